The van der Waals surface area contributed by atoms with E-state index in [1.807, 2.05) is 0 Å². The molecule has 0 unspecified atom stereocenters. The van der Waals surface area contributed by atoms with Crippen LogP contribution in [0.2, 0.25) is 10.0 Å². The molecule has 17 heavy (non-hydrogen) atoms. The van der Waals surface area contributed by atoms with E-state index in [4.69, 9.17) is 23.2 Å². The molecule has 2 nitrogen and oxygen atoms in total. The van der Waals surface area contributed by atoms with Gasteiger partial charge in [0.2, 0.25) is 0 Å². The highest BCUT2D eigenvalue weighted by molar-refractivity contribution is 6.36. The first kappa shape index (κ1) is 14.8. The number of halogens is 3. The van der Waals surface area contributed by atoms with E-state index in [2.05, 4.69) is 5.32 Å². The zero-order valence-corrected chi connectivity index (χ0v) is 11.5. The molecule has 0 aromatic heterocycles. The summed E-state index contributed by atoms with van der Waals surface area (Å²) in [5.41, 5.74) is 0.595. The maximum atomic E-state index is 12.2. The highest BCUT2D eigenvalue weighted by Crippen LogP contribution is 2.26. The Kier molecular flexibility index (Phi) is 5.74. The summed E-state index contributed by atoms with van der Waals surface area (Å²) in [6.45, 7) is 1.81. The van der Waals surface area contributed by atoms with Crippen LogP contribution in [0.4, 0.5) is 0 Å². The van der Waals surface area contributed by atoms with Gasteiger partial charge in [-0.1, -0.05) is 23.2 Å². The second-order valence-corrected chi connectivity index (χ2v) is 4.86. The molecule has 1 aromatic carbocycles. The Balaban J connectivity index is 0.00000144. The fraction of sp³-hybridized carbons (Fsp3) is 0.417. The van der Waals surface area contributed by atoms with E-state index in [-0.39, 0.29) is 24.1 Å². The number of hydrogen-bond acceptors (Lipinski definition) is 2. The molecule has 0 saturated carbocycles. The molecule has 0 bridgehead atoms. The average Bonchev–Trinajstić information content (AvgIpc) is 2.29. The van der Waals surface area contributed by atoms with E-state index in [0.29, 0.717) is 15.6 Å². The zero-order chi connectivity index (χ0) is 11.5. The summed E-state index contributed by atoms with van der Waals surface area (Å²) in [6.07, 6.45) is 1.77. The van der Waals surface area contributed by atoms with Gasteiger partial charge in [0.05, 0.1) is 5.02 Å². The molecule has 1 fully saturated rings. The lowest BCUT2D eigenvalue weighted by molar-refractivity contribution is 0.0895. The molecular formula is C12H14Cl3NO. The van der Waals surface area contributed by atoms with Crippen LogP contribution in [0.5, 0.6) is 0 Å². The monoisotopic (exact) mass is 293 g/mol. The third-order valence-corrected chi connectivity index (χ3v) is 3.45. The van der Waals surface area contributed by atoms with Crippen molar-refractivity contribution in [3.8, 4) is 0 Å². The van der Waals surface area contributed by atoms with Gasteiger partial charge in [-0.15, -0.1) is 12.4 Å². The van der Waals surface area contributed by atoms with E-state index in [0.717, 1.165) is 25.9 Å². The van der Waals surface area contributed by atoms with E-state index in [1.54, 1.807) is 18.2 Å². The van der Waals surface area contributed by atoms with Gasteiger partial charge in [0.25, 0.3) is 0 Å². The van der Waals surface area contributed by atoms with Gasteiger partial charge >= 0.3 is 0 Å². The van der Waals surface area contributed by atoms with Gasteiger partial charge in [-0.25, -0.2) is 0 Å². The Morgan fingerprint density at radius 3 is 2.47 bits per heavy atom. The summed E-state index contributed by atoms with van der Waals surface area (Å²) in [6, 6.07) is 5.05. The summed E-state index contributed by atoms with van der Waals surface area (Å²) in [5, 5.41) is 4.26. The molecule has 1 aliphatic heterocycles. The number of Topliss-reactive ketones (excluding diaryl/α,β-unsaturated/α-hetero) is 1. The Morgan fingerprint density at radius 2 is 1.88 bits per heavy atom. The second-order valence-electron chi connectivity index (χ2n) is 4.01. The lowest BCUT2D eigenvalue weighted by Gasteiger charge is -2.21. The molecule has 94 valence electrons. The summed E-state index contributed by atoms with van der Waals surface area (Å²) >= 11 is 11.8. The second kappa shape index (κ2) is 6.60. The van der Waals surface area contributed by atoms with Crippen molar-refractivity contribution in [2.45, 2.75) is 12.8 Å². The van der Waals surface area contributed by atoms with Crippen LogP contribution in [0.25, 0.3) is 0 Å². The molecule has 1 N–H and O–H groups in total. The van der Waals surface area contributed by atoms with Crippen molar-refractivity contribution in [2.24, 2.45) is 5.92 Å². The maximum Gasteiger partial charge on any atom is 0.167 e. The molecule has 1 heterocycles. The third kappa shape index (κ3) is 3.59. The van der Waals surface area contributed by atoms with Gasteiger partial charge in [0, 0.05) is 16.5 Å². The Labute approximate surface area is 117 Å². The summed E-state index contributed by atoms with van der Waals surface area (Å²) in [7, 11) is 0. The Hall–Kier alpha value is -0.280. The molecule has 5 heteroatoms. The predicted molar refractivity (Wildman–Crippen MR) is 73.6 cm³/mol. The topological polar surface area (TPSA) is 29.1 Å². The van der Waals surface area contributed by atoms with Crippen LogP contribution in [0.1, 0.15) is 23.2 Å². The third-order valence-electron chi connectivity index (χ3n) is 2.91. The lowest BCUT2D eigenvalue weighted by Crippen LogP contribution is -2.31. The Morgan fingerprint density at radius 1 is 1.24 bits per heavy atom. The van der Waals surface area contributed by atoms with Crippen LogP contribution in [0.3, 0.4) is 0 Å². The first-order valence-corrected chi connectivity index (χ1v) is 6.14. The molecule has 2 rings (SSSR count). The number of nitrogens with one attached hydrogen (secondary N) is 1. The highest BCUT2D eigenvalue weighted by atomic mass is 35.5. The largest absolute Gasteiger partial charge is 0.317 e. The molecule has 1 saturated heterocycles. The first-order chi connectivity index (χ1) is 7.68. The smallest absolute Gasteiger partial charge is 0.167 e. The molecule has 0 radical (unpaired) electrons. The van der Waals surface area contributed by atoms with Crippen LogP contribution in [-0.4, -0.2) is 18.9 Å². The van der Waals surface area contributed by atoms with Crippen LogP contribution >= 0.6 is 35.6 Å². The number of ketones is 1. The minimum absolute atomic E-state index is 0. The number of hydrogen-bond donors (Lipinski definition) is 1. The normalized spacial score (nSPS) is 16.4. The van der Waals surface area contributed by atoms with Gasteiger partial charge in [-0.2, -0.15) is 0 Å². The van der Waals surface area contributed by atoms with Crippen LogP contribution in [-0.2, 0) is 0 Å². The van der Waals surface area contributed by atoms with Crippen molar-refractivity contribution in [1.82, 2.24) is 5.32 Å². The maximum absolute atomic E-state index is 12.2. The SMILES string of the molecule is Cl.O=C(c1ccc(Cl)cc1Cl)C1CCNCC1. The van der Waals surface area contributed by atoms with Gasteiger partial charge in [-0.3, -0.25) is 4.79 Å². The minimum Gasteiger partial charge on any atom is -0.317 e. The van der Waals surface area contributed by atoms with Crippen molar-refractivity contribution in [3.05, 3.63) is 33.8 Å². The van der Waals surface area contributed by atoms with Crippen LogP contribution in [0, 0.1) is 5.92 Å². The van der Waals surface area contributed by atoms with Crippen molar-refractivity contribution in [3.63, 3.8) is 0 Å². The molecule has 0 aliphatic carbocycles. The first-order valence-electron chi connectivity index (χ1n) is 5.38. The molecule has 1 aromatic rings. The summed E-state index contributed by atoms with van der Waals surface area (Å²) in [4.78, 5) is 12.2. The fourth-order valence-electron chi connectivity index (χ4n) is 1.99. The molecule has 1 aliphatic rings. The summed E-state index contributed by atoms with van der Waals surface area (Å²) in [5.74, 6) is 0.239. The van der Waals surface area contributed by atoms with E-state index in [1.165, 1.54) is 0 Å². The van der Waals surface area contributed by atoms with E-state index in [9.17, 15) is 4.79 Å². The molecule has 0 amide bonds. The fourth-order valence-corrected chi connectivity index (χ4v) is 2.49. The standard InChI is InChI=1S/C12H13Cl2NO.ClH/c13-9-1-2-10(11(14)7-9)12(16)8-3-5-15-6-4-8;/h1-2,7-8,15H,3-6H2;1H. The minimum atomic E-state index is 0. The van der Waals surface area contributed by atoms with E-state index < -0.39 is 0 Å². The van der Waals surface area contributed by atoms with Crippen molar-refractivity contribution in [2.75, 3.05) is 13.1 Å². The number of carbonyl (C=O) groups excluding carboxylic acids is 1. The van der Waals surface area contributed by atoms with Gasteiger partial charge in [-0.05, 0) is 44.1 Å². The molecule has 0 spiro atoms. The van der Waals surface area contributed by atoms with Crippen LogP contribution in [0.15, 0.2) is 18.2 Å². The molecular weight excluding hydrogens is 280 g/mol. The van der Waals surface area contributed by atoms with Crippen LogP contribution < -0.4 is 5.32 Å². The number of carbonyl (C=O) groups is 1. The van der Waals surface area contributed by atoms with Crippen molar-refractivity contribution >= 4 is 41.4 Å². The van der Waals surface area contributed by atoms with Crippen molar-refractivity contribution < 1.29 is 4.79 Å². The molecule has 0 atom stereocenters. The van der Waals surface area contributed by atoms with Gasteiger partial charge in [0.15, 0.2) is 5.78 Å². The number of rotatable bonds is 2. The van der Waals surface area contributed by atoms with Crippen molar-refractivity contribution in [1.29, 1.82) is 0 Å². The number of piperidine rings is 1. The van der Waals surface area contributed by atoms with Gasteiger partial charge < -0.3 is 5.32 Å². The Bertz CT molecular complexity index is 403. The highest BCUT2D eigenvalue weighted by Gasteiger charge is 2.23. The predicted octanol–water partition coefficient (Wildman–Crippen LogP) is 3.60. The van der Waals surface area contributed by atoms with E-state index >= 15 is 0 Å². The quantitative estimate of drug-likeness (QED) is 0.845. The summed E-state index contributed by atoms with van der Waals surface area (Å²) < 4.78 is 0. The lowest BCUT2D eigenvalue weighted by atomic mass is 9.90. The average molecular weight is 295 g/mol. The zero-order valence-electron chi connectivity index (χ0n) is 9.21. The van der Waals surface area contributed by atoms with Gasteiger partial charge in [0.1, 0.15) is 0 Å². The number of benzene rings is 1.